The van der Waals surface area contributed by atoms with Gasteiger partial charge in [-0.3, -0.25) is 19.4 Å². The van der Waals surface area contributed by atoms with Crippen LogP contribution >= 0.6 is 11.6 Å². The van der Waals surface area contributed by atoms with Crippen LogP contribution in [-0.4, -0.2) is 32.7 Å². The van der Waals surface area contributed by atoms with Crippen LogP contribution in [0.4, 0.5) is 10.1 Å². The van der Waals surface area contributed by atoms with Crippen LogP contribution in [-0.2, 0) is 16.0 Å². The molecule has 0 saturated heterocycles. The number of hydrogen-bond donors (Lipinski definition) is 3. The standard InChI is InChI=1S/C25H22ClFN4O4/c1-13(32)30-16-4-7-22(33)19(11-16)25(35)31(23(24(28)34)14-3-2-8-29-12-14)21-6-5-17-18(21)9-15(26)10-20(17)27/h2-4,7-12,21,23,33H,5-6H2,1H3,(H2,28,34)(H,30,32)/t21-,23-/m1/s1. The maximum Gasteiger partial charge on any atom is 0.259 e. The average Bonchev–Trinajstić information content (AvgIpc) is 3.22. The first-order valence-electron chi connectivity index (χ1n) is 10.8. The van der Waals surface area contributed by atoms with Gasteiger partial charge < -0.3 is 21.1 Å². The van der Waals surface area contributed by atoms with E-state index in [1.165, 1.54) is 48.5 Å². The number of fused-ring (bicyclic) bond motifs is 1. The summed E-state index contributed by atoms with van der Waals surface area (Å²) >= 11 is 6.12. The topological polar surface area (TPSA) is 126 Å². The van der Waals surface area contributed by atoms with Gasteiger partial charge in [-0.05, 0) is 60.4 Å². The molecule has 2 aromatic carbocycles. The number of rotatable bonds is 6. The Balaban J connectivity index is 1.89. The van der Waals surface area contributed by atoms with Crippen molar-refractivity contribution in [3.63, 3.8) is 0 Å². The van der Waals surface area contributed by atoms with Crippen molar-refractivity contribution in [1.29, 1.82) is 0 Å². The summed E-state index contributed by atoms with van der Waals surface area (Å²) in [6, 6.07) is 7.92. The number of nitrogens with one attached hydrogen (secondary N) is 1. The van der Waals surface area contributed by atoms with Crippen molar-refractivity contribution >= 4 is 35.0 Å². The van der Waals surface area contributed by atoms with Crippen molar-refractivity contribution in [3.05, 3.63) is 88.0 Å². The van der Waals surface area contributed by atoms with Gasteiger partial charge in [0.15, 0.2) is 0 Å². The van der Waals surface area contributed by atoms with Gasteiger partial charge >= 0.3 is 0 Å². The van der Waals surface area contributed by atoms with E-state index in [2.05, 4.69) is 10.3 Å². The van der Waals surface area contributed by atoms with E-state index in [4.69, 9.17) is 17.3 Å². The molecule has 1 aliphatic rings. The van der Waals surface area contributed by atoms with Gasteiger partial charge in [0.1, 0.15) is 17.6 Å². The van der Waals surface area contributed by atoms with Crippen molar-refractivity contribution in [2.75, 3.05) is 5.32 Å². The van der Waals surface area contributed by atoms with Crippen molar-refractivity contribution in [1.82, 2.24) is 9.88 Å². The number of carbonyl (C=O) groups is 3. The molecule has 2 atom stereocenters. The Bertz CT molecular complexity index is 1320. The SMILES string of the molecule is CC(=O)Nc1ccc(O)c(C(=O)N([C@@H]2CCc3c(F)cc(Cl)cc32)[C@@H](C(N)=O)c2cccnc2)c1. The molecule has 180 valence electrons. The van der Waals surface area contributed by atoms with Gasteiger partial charge in [0, 0.05) is 35.6 Å². The first-order valence-corrected chi connectivity index (χ1v) is 11.2. The van der Waals surface area contributed by atoms with E-state index in [1.807, 2.05) is 0 Å². The third-order valence-electron chi connectivity index (χ3n) is 5.89. The summed E-state index contributed by atoms with van der Waals surface area (Å²) in [5.74, 6) is -2.81. The van der Waals surface area contributed by atoms with Crippen molar-refractivity contribution < 1.29 is 23.9 Å². The number of phenols is 1. The lowest BCUT2D eigenvalue weighted by Gasteiger charge is -2.36. The van der Waals surface area contributed by atoms with Crippen molar-refractivity contribution in [3.8, 4) is 5.75 Å². The zero-order valence-electron chi connectivity index (χ0n) is 18.7. The number of benzene rings is 2. The normalized spacial score (nSPS) is 15.2. The molecule has 8 nitrogen and oxygen atoms in total. The number of primary amides is 1. The lowest BCUT2D eigenvalue weighted by atomic mass is 9.98. The molecule has 0 unspecified atom stereocenters. The highest BCUT2D eigenvalue weighted by molar-refractivity contribution is 6.30. The summed E-state index contributed by atoms with van der Waals surface area (Å²) in [4.78, 5) is 43.5. The maximum atomic E-state index is 14.7. The molecule has 3 aromatic rings. The third-order valence-corrected chi connectivity index (χ3v) is 6.11. The van der Waals surface area contributed by atoms with Gasteiger partial charge in [-0.2, -0.15) is 0 Å². The van der Waals surface area contributed by atoms with Gasteiger partial charge in [0.05, 0.1) is 11.6 Å². The minimum atomic E-state index is -1.28. The first-order chi connectivity index (χ1) is 16.7. The van der Waals surface area contributed by atoms with Crippen molar-refractivity contribution in [2.24, 2.45) is 5.73 Å². The van der Waals surface area contributed by atoms with Gasteiger partial charge in [-0.1, -0.05) is 17.7 Å². The molecule has 1 aromatic heterocycles. The monoisotopic (exact) mass is 496 g/mol. The van der Waals surface area contributed by atoms with E-state index in [0.29, 0.717) is 29.5 Å². The Morgan fingerprint density at radius 1 is 1.26 bits per heavy atom. The fraction of sp³-hybridized carbons (Fsp3) is 0.200. The van der Waals surface area contributed by atoms with Gasteiger partial charge in [0.2, 0.25) is 11.8 Å². The summed E-state index contributed by atoms with van der Waals surface area (Å²) in [6.45, 7) is 1.31. The number of carbonyl (C=O) groups excluding carboxylic acids is 3. The van der Waals surface area contributed by atoms with E-state index in [0.717, 1.165) is 0 Å². The Kier molecular flexibility index (Phi) is 6.70. The zero-order chi connectivity index (χ0) is 25.3. The first kappa shape index (κ1) is 24.2. The van der Waals surface area contributed by atoms with E-state index < -0.39 is 29.7 Å². The van der Waals surface area contributed by atoms with E-state index in [1.54, 1.807) is 18.2 Å². The summed E-state index contributed by atoms with van der Waals surface area (Å²) in [5, 5.41) is 13.2. The molecule has 0 bridgehead atoms. The van der Waals surface area contributed by atoms with E-state index in [9.17, 15) is 23.9 Å². The zero-order valence-corrected chi connectivity index (χ0v) is 19.4. The van der Waals surface area contributed by atoms with Crippen LogP contribution in [0.1, 0.15) is 52.5 Å². The number of anilines is 1. The molecule has 4 N–H and O–H groups in total. The maximum absolute atomic E-state index is 14.7. The molecular weight excluding hydrogens is 475 g/mol. The number of amides is 3. The van der Waals surface area contributed by atoms with Crippen LogP contribution in [0.2, 0.25) is 5.02 Å². The van der Waals surface area contributed by atoms with Crippen LogP contribution in [0, 0.1) is 5.82 Å². The van der Waals surface area contributed by atoms with Crippen LogP contribution in [0.5, 0.6) is 5.75 Å². The van der Waals surface area contributed by atoms with Crippen molar-refractivity contribution in [2.45, 2.75) is 31.8 Å². The third kappa shape index (κ3) is 4.81. The van der Waals surface area contributed by atoms with Crippen LogP contribution in [0.25, 0.3) is 0 Å². The van der Waals surface area contributed by atoms with Crippen LogP contribution in [0.15, 0.2) is 54.9 Å². The average molecular weight is 497 g/mol. The molecule has 0 radical (unpaired) electrons. The summed E-state index contributed by atoms with van der Waals surface area (Å²) in [6.07, 6.45) is 3.53. The number of pyridine rings is 1. The molecule has 0 spiro atoms. The molecular formula is C25H22ClFN4O4. The lowest BCUT2D eigenvalue weighted by molar-refractivity contribution is -0.123. The molecule has 0 fully saturated rings. The fourth-order valence-electron chi connectivity index (χ4n) is 4.48. The summed E-state index contributed by atoms with van der Waals surface area (Å²) in [7, 11) is 0. The van der Waals surface area contributed by atoms with Gasteiger partial charge in [0.25, 0.3) is 5.91 Å². The molecule has 1 aliphatic carbocycles. The number of aromatic nitrogens is 1. The number of nitrogens with zero attached hydrogens (tertiary/aromatic N) is 2. The lowest BCUT2D eigenvalue weighted by Crippen LogP contribution is -2.43. The summed E-state index contributed by atoms with van der Waals surface area (Å²) in [5.41, 5.74) is 7.09. The summed E-state index contributed by atoms with van der Waals surface area (Å²) < 4.78 is 14.7. The number of phenolic OH excluding ortho intramolecular Hbond substituents is 1. The minimum absolute atomic E-state index is 0.146. The van der Waals surface area contributed by atoms with Gasteiger partial charge in [-0.15, -0.1) is 0 Å². The quantitative estimate of drug-likeness (QED) is 0.446. The number of hydrogen-bond acceptors (Lipinski definition) is 5. The fourth-order valence-corrected chi connectivity index (χ4v) is 4.69. The van der Waals surface area contributed by atoms with Gasteiger partial charge in [-0.25, -0.2) is 4.39 Å². The molecule has 4 rings (SSSR count). The minimum Gasteiger partial charge on any atom is -0.507 e. The smallest absolute Gasteiger partial charge is 0.259 e. The van der Waals surface area contributed by atoms with E-state index in [-0.39, 0.29) is 27.9 Å². The Morgan fingerprint density at radius 2 is 2.03 bits per heavy atom. The molecule has 10 heteroatoms. The molecule has 35 heavy (non-hydrogen) atoms. The van der Waals surface area contributed by atoms with E-state index >= 15 is 0 Å². The highest BCUT2D eigenvalue weighted by atomic mass is 35.5. The Hall–Kier alpha value is -3.98. The second kappa shape index (κ2) is 9.71. The number of halogens is 2. The van der Waals surface area contributed by atoms with Crippen LogP contribution < -0.4 is 11.1 Å². The van der Waals surface area contributed by atoms with Crippen LogP contribution in [0.3, 0.4) is 0 Å². The number of aromatic hydroxyl groups is 1. The Labute approximate surface area is 205 Å². The highest BCUT2D eigenvalue weighted by Crippen LogP contribution is 2.43. The predicted molar refractivity (Wildman–Crippen MR) is 127 cm³/mol. The molecule has 0 saturated carbocycles. The molecule has 1 heterocycles. The Morgan fingerprint density at radius 3 is 2.69 bits per heavy atom. The second-order valence-corrected chi connectivity index (χ2v) is 8.66. The predicted octanol–water partition coefficient (Wildman–Crippen LogP) is 3.89. The highest BCUT2D eigenvalue weighted by Gasteiger charge is 2.41. The largest absolute Gasteiger partial charge is 0.507 e. The molecule has 3 amide bonds. The number of nitrogens with two attached hydrogens (primary N) is 1. The second-order valence-electron chi connectivity index (χ2n) is 8.23. The molecule has 0 aliphatic heterocycles.